The third kappa shape index (κ3) is 2.26. The lowest BCUT2D eigenvalue weighted by Crippen LogP contribution is -2.02. The third-order valence-electron chi connectivity index (χ3n) is 3.38. The van der Waals surface area contributed by atoms with Crippen molar-refractivity contribution in [3.05, 3.63) is 59.2 Å². The monoisotopic (exact) mass is 299 g/mol. The lowest BCUT2D eigenvalue weighted by molar-refractivity contribution is 0.629. The number of alkyl halides is 1. The van der Waals surface area contributed by atoms with E-state index in [1.165, 1.54) is 12.1 Å². The second-order valence-electron chi connectivity index (χ2n) is 4.74. The Hall–Kier alpha value is -2.38. The topological polar surface area (TPSA) is 41.6 Å². The maximum absolute atomic E-state index is 13.6. The highest BCUT2D eigenvalue weighted by Crippen LogP contribution is 2.26. The standard InChI is InChI=1S/C16H11ClFN3/c1-10-2-3-11(9-19)6-14(10)21-15-7-12(18)4-5-13(15)20-16(21)8-17/h2-7H,8H2,1H3. The summed E-state index contributed by atoms with van der Waals surface area (Å²) in [6, 6.07) is 11.9. The minimum absolute atomic E-state index is 0.201. The molecule has 3 nitrogen and oxygen atoms in total. The molecule has 0 aliphatic heterocycles. The summed E-state index contributed by atoms with van der Waals surface area (Å²) in [4.78, 5) is 4.43. The molecular formula is C16H11ClFN3. The lowest BCUT2D eigenvalue weighted by atomic mass is 10.1. The van der Waals surface area contributed by atoms with Crippen LogP contribution in [-0.4, -0.2) is 9.55 Å². The molecule has 0 saturated heterocycles. The van der Waals surface area contributed by atoms with Gasteiger partial charge in [0, 0.05) is 6.07 Å². The van der Waals surface area contributed by atoms with Crippen LogP contribution in [-0.2, 0) is 5.88 Å². The van der Waals surface area contributed by atoms with E-state index in [-0.39, 0.29) is 11.7 Å². The Morgan fingerprint density at radius 3 is 2.81 bits per heavy atom. The summed E-state index contributed by atoms with van der Waals surface area (Å²) in [6.07, 6.45) is 0. The van der Waals surface area contributed by atoms with E-state index < -0.39 is 0 Å². The number of fused-ring (bicyclic) bond motifs is 1. The molecule has 3 rings (SSSR count). The van der Waals surface area contributed by atoms with Crippen molar-refractivity contribution in [1.82, 2.24) is 9.55 Å². The SMILES string of the molecule is Cc1ccc(C#N)cc1-n1c(CCl)nc2ccc(F)cc21. The number of benzene rings is 2. The van der Waals surface area contributed by atoms with Gasteiger partial charge in [-0.2, -0.15) is 5.26 Å². The molecule has 5 heteroatoms. The van der Waals surface area contributed by atoms with Crippen LogP contribution in [0.25, 0.3) is 16.7 Å². The Balaban J connectivity index is 2.38. The van der Waals surface area contributed by atoms with Crippen LogP contribution in [0.15, 0.2) is 36.4 Å². The number of aromatic nitrogens is 2. The highest BCUT2D eigenvalue weighted by Gasteiger charge is 2.14. The van der Waals surface area contributed by atoms with Gasteiger partial charge in [-0.1, -0.05) is 6.07 Å². The fourth-order valence-corrected chi connectivity index (χ4v) is 2.56. The molecule has 21 heavy (non-hydrogen) atoms. The molecule has 3 aromatic rings. The number of aryl methyl sites for hydroxylation is 1. The van der Waals surface area contributed by atoms with E-state index in [0.29, 0.717) is 22.4 Å². The molecule has 1 aromatic heterocycles. The third-order valence-corrected chi connectivity index (χ3v) is 3.62. The predicted octanol–water partition coefficient (Wildman–Crippen LogP) is 4.08. The fourth-order valence-electron chi connectivity index (χ4n) is 2.38. The van der Waals surface area contributed by atoms with Gasteiger partial charge in [0.1, 0.15) is 11.6 Å². The van der Waals surface area contributed by atoms with Crippen LogP contribution in [0.4, 0.5) is 4.39 Å². The van der Waals surface area contributed by atoms with E-state index in [4.69, 9.17) is 16.9 Å². The van der Waals surface area contributed by atoms with Crippen molar-refractivity contribution < 1.29 is 4.39 Å². The van der Waals surface area contributed by atoms with Crippen LogP contribution in [0.5, 0.6) is 0 Å². The van der Waals surface area contributed by atoms with Gasteiger partial charge < -0.3 is 0 Å². The minimum atomic E-state index is -0.334. The van der Waals surface area contributed by atoms with Gasteiger partial charge in [0.25, 0.3) is 0 Å². The van der Waals surface area contributed by atoms with Crippen LogP contribution < -0.4 is 0 Å². The van der Waals surface area contributed by atoms with Crippen molar-refractivity contribution in [1.29, 1.82) is 5.26 Å². The van der Waals surface area contributed by atoms with E-state index >= 15 is 0 Å². The van der Waals surface area contributed by atoms with Crippen LogP contribution >= 0.6 is 11.6 Å². The van der Waals surface area contributed by atoms with Gasteiger partial charge in [0.15, 0.2) is 0 Å². The Morgan fingerprint density at radius 1 is 1.29 bits per heavy atom. The molecular weight excluding hydrogens is 289 g/mol. The summed E-state index contributed by atoms with van der Waals surface area (Å²) in [7, 11) is 0. The lowest BCUT2D eigenvalue weighted by Gasteiger charge is -2.11. The average Bonchev–Trinajstić information content (AvgIpc) is 2.85. The van der Waals surface area contributed by atoms with Gasteiger partial charge in [-0.3, -0.25) is 4.57 Å². The molecule has 104 valence electrons. The summed E-state index contributed by atoms with van der Waals surface area (Å²) in [5.41, 5.74) is 3.61. The first-order chi connectivity index (χ1) is 10.1. The Morgan fingerprint density at radius 2 is 2.10 bits per heavy atom. The smallest absolute Gasteiger partial charge is 0.129 e. The molecule has 0 aliphatic rings. The van der Waals surface area contributed by atoms with Crippen molar-refractivity contribution in [2.45, 2.75) is 12.8 Å². The molecule has 0 radical (unpaired) electrons. The first-order valence-electron chi connectivity index (χ1n) is 6.38. The van der Waals surface area contributed by atoms with Gasteiger partial charge in [0.2, 0.25) is 0 Å². The van der Waals surface area contributed by atoms with E-state index in [0.717, 1.165) is 11.3 Å². The Bertz CT molecular complexity index is 877. The highest BCUT2D eigenvalue weighted by atomic mass is 35.5. The Labute approximate surface area is 126 Å². The normalized spacial score (nSPS) is 10.8. The number of hydrogen-bond acceptors (Lipinski definition) is 2. The van der Waals surface area contributed by atoms with Crippen molar-refractivity contribution >= 4 is 22.6 Å². The largest absolute Gasteiger partial charge is 0.295 e. The quantitative estimate of drug-likeness (QED) is 0.669. The van der Waals surface area contributed by atoms with Crippen molar-refractivity contribution in [3.8, 4) is 11.8 Å². The van der Waals surface area contributed by atoms with Gasteiger partial charge in [-0.15, -0.1) is 11.6 Å². The van der Waals surface area contributed by atoms with E-state index in [9.17, 15) is 4.39 Å². The molecule has 0 unspecified atom stereocenters. The van der Waals surface area contributed by atoms with Gasteiger partial charge in [0.05, 0.1) is 34.2 Å². The zero-order chi connectivity index (χ0) is 15.0. The molecule has 0 spiro atoms. The zero-order valence-electron chi connectivity index (χ0n) is 11.3. The molecule has 0 N–H and O–H groups in total. The zero-order valence-corrected chi connectivity index (χ0v) is 12.0. The molecule has 0 amide bonds. The van der Waals surface area contributed by atoms with E-state index in [2.05, 4.69) is 11.1 Å². The number of nitriles is 1. The number of halogens is 2. The van der Waals surface area contributed by atoms with Crippen molar-refractivity contribution in [2.75, 3.05) is 0 Å². The van der Waals surface area contributed by atoms with E-state index in [1.807, 2.05) is 17.6 Å². The number of imidazole rings is 1. The minimum Gasteiger partial charge on any atom is -0.295 e. The number of rotatable bonds is 2. The van der Waals surface area contributed by atoms with Gasteiger partial charge in [-0.25, -0.2) is 9.37 Å². The van der Waals surface area contributed by atoms with E-state index in [1.54, 1.807) is 18.2 Å². The summed E-state index contributed by atoms with van der Waals surface area (Å²) in [5.74, 6) is 0.487. The van der Waals surface area contributed by atoms with Crippen LogP contribution in [0, 0.1) is 24.1 Å². The fraction of sp³-hybridized carbons (Fsp3) is 0.125. The molecule has 1 heterocycles. The van der Waals surface area contributed by atoms with Gasteiger partial charge >= 0.3 is 0 Å². The van der Waals surface area contributed by atoms with Crippen LogP contribution in [0.1, 0.15) is 17.0 Å². The maximum Gasteiger partial charge on any atom is 0.129 e. The summed E-state index contributed by atoms with van der Waals surface area (Å²) in [5, 5.41) is 9.07. The highest BCUT2D eigenvalue weighted by molar-refractivity contribution is 6.17. The second-order valence-corrected chi connectivity index (χ2v) is 5.01. The molecule has 0 atom stereocenters. The van der Waals surface area contributed by atoms with Crippen molar-refractivity contribution in [2.24, 2.45) is 0 Å². The van der Waals surface area contributed by atoms with Crippen LogP contribution in [0.2, 0.25) is 0 Å². The summed E-state index contributed by atoms with van der Waals surface area (Å²) in [6.45, 7) is 1.93. The second kappa shape index (κ2) is 5.19. The Kier molecular flexibility index (Phi) is 3.36. The molecule has 2 aromatic carbocycles. The first-order valence-corrected chi connectivity index (χ1v) is 6.91. The van der Waals surface area contributed by atoms with Gasteiger partial charge in [-0.05, 0) is 36.8 Å². The van der Waals surface area contributed by atoms with Crippen LogP contribution in [0.3, 0.4) is 0 Å². The predicted molar refractivity (Wildman–Crippen MR) is 80.0 cm³/mol. The number of hydrogen-bond donors (Lipinski definition) is 0. The molecule has 0 aliphatic carbocycles. The average molecular weight is 300 g/mol. The summed E-state index contributed by atoms with van der Waals surface area (Å²) >= 11 is 5.98. The van der Waals surface area contributed by atoms with Crippen molar-refractivity contribution in [3.63, 3.8) is 0 Å². The molecule has 0 fully saturated rings. The molecule has 0 bridgehead atoms. The first kappa shape index (κ1) is 13.6. The maximum atomic E-state index is 13.6. The number of nitrogens with zero attached hydrogens (tertiary/aromatic N) is 3. The summed E-state index contributed by atoms with van der Waals surface area (Å²) < 4.78 is 15.4. The molecule has 0 saturated carbocycles.